The summed E-state index contributed by atoms with van der Waals surface area (Å²) in [6.07, 6.45) is 4.97. The van der Waals surface area contributed by atoms with Crippen molar-refractivity contribution in [2.45, 2.75) is 51.6 Å². The smallest absolute Gasteiger partial charge is 0.194 e. The van der Waals surface area contributed by atoms with Gasteiger partial charge in [-0.2, -0.15) is 0 Å². The van der Waals surface area contributed by atoms with E-state index in [2.05, 4.69) is 0 Å². The lowest BCUT2D eigenvalue weighted by Gasteiger charge is -2.04. The lowest BCUT2D eigenvalue weighted by atomic mass is 10.1. The highest BCUT2D eigenvalue weighted by molar-refractivity contribution is 5.48. The molecule has 1 heterocycles. The van der Waals surface area contributed by atoms with E-state index in [-0.39, 0.29) is 12.6 Å². The van der Waals surface area contributed by atoms with Gasteiger partial charge in [0.25, 0.3) is 0 Å². The Morgan fingerprint density at radius 1 is 1.23 bits per heavy atom. The van der Waals surface area contributed by atoms with Crippen LogP contribution < -0.4 is 0 Å². The minimum Gasteiger partial charge on any atom is -0.318 e. The summed E-state index contributed by atoms with van der Waals surface area (Å²) < 4.78 is 5.25. The molecule has 0 spiro atoms. The fourth-order valence-corrected chi connectivity index (χ4v) is 1.23. The number of hydrogen-bond donors (Lipinski definition) is 0. The maximum absolute atomic E-state index is 10.00. The first-order valence-corrected chi connectivity index (χ1v) is 4.74. The van der Waals surface area contributed by atoms with Crippen LogP contribution in [0, 0.1) is 0 Å². The van der Waals surface area contributed by atoms with E-state index >= 15 is 0 Å². The van der Waals surface area contributed by atoms with E-state index in [1.54, 1.807) is 6.92 Å². The van der Waals surface area contributed by atoms with E-state index in [9.17, 15) is 4.79 Å². The van der Waals surface area contributed by atoms with E-state index in [1.165, 1.54) is 0 Å². The molecule has 0 aromatic rings. The second kappa shape index (κ2) is 6.07. The summed E-state index contributed by atoms with van der Waals surface area (Å²) in [6, 6.07) is 0. The van der Waals surface area contributed by atoms with Gasteiger partial charge in [-0.3, -0.25) is 0 Å². The van der Waals surface area contributed by atoms with Crippen LogP contribution in [0.25, 0.3) is 0 Å². The zero-order chi connectivity index (χ0) is 9.52. The van der Waals surface area contributed by atoms with Gasteiger partial charge in [0.1, 0.15) is 6.29 Å². The number of hydrogen-bond acceptors (Lipinski definition) is 4. The molecule has 13 heavy (non-hydrogen) atoms. The third kappa shape index (κ3) is 4.36. The molecule has 0 N–H and O–H groups in total. The zero-order valence-electron chi connectivity index (χ0n) is 7.90. The molecular formula is C9H16O4. The topological polar surface area (TPSA) is 44.8 Å². The Balaban J connectivity index is 1.91. The zero-order valence-corrected chi connectivity index (χ0v) is 7.90. The molecule has 4 heteroatoms. The number of carbonyl (C=O) groups is 1. The Morgan fingerprint density at radius 2 is 2.08 bits per heavy atom. The molecule has 1 rings (SSSR count). The number of ether oxygens (including phenoxy) is 1. The highest BCUT2D eigenvalue weighted by Crippen LogP contribution is 2.18. The van der Waals surface area contributed by atoms with Crippen molar-refractivity contribution in [3.05, 3.63) is 0 Å². The van der Waals surface area contributed by atoms with Crippen LogP contribution in [0.2, 0.25) is 0 Å². The molecule has 1 saturated heterocycles. The average molecular weight is 188 g/mol. The summed E-state index contributed by atoms with van der Waals surface area (Å²) in [5, 5.41) is 0. The quantitative estimate of drug-likeness (QED) is 0.362. The van der Waals surface area contributed by atoms with E-state index in [4.69, 9.17) is 14.5 Å². The number of carbonyl (C=O) groups excluding carboxylic acids is 1. The molecule has 0 radical (unpaired) electrons. The first kappa shape index (κ1) is 10.6. The van der Waals surface area contributed by atoms with Gasteiger partial charge in [-0.05, 0) is 19.8 Å². The second-order valence-corrected chi connectivity index (χ2v) is 3.13. The molecule has 1 fully saturated rings. The van der Waals surface area contributed by atoms with Gasteiger partial charge in [0, 0.05) is 12.8 Å². The Hall–Kier alpha value is -0.450. The molecule has 0 saturated carbocycles. The Kier molecular flexibility index (Phi) is 4.97. The van der Waals surface area contributed by atoms with Crippen molar-refractivity contribution in [2.75, 3.05) is 0 Å². The molecule has 0 aromatic heterocycles. The summed E-state index contributed by atoms with van der Waals surface area (Å²) in [4.78, 5) is 19.6. The van der Waals surface area contributed by atoms with Crippen LogP contribution in [0.5, 0.6) is 0 Å². The molecule has 0 bridgehead atoms. The summed E-state index contributed by atoms with van der Waals surface area (Å²) in [7, 11) is 0. The minimum absolute atomic E-state index is 0.216. The predicted octanol–water partition coefficient (Wildman–Crippen LogP) is 1.79. The van der Waals surface area contributed by atoms with Crippen LogP contribution in [-0.4, -0.2) is 18.9 Å². The highest BCUT2D eigenvalue weighted by atomic mass is 17.3. The van der Waals surface area contributed by atoms with Crippen molar-refractivity contribution < 1.29 is 19.3 Å². The third-order valence-corrected chi connectivity index (χ3v) is 1.90. The van der Waals surface area contributed by atoms with E-state index in [0.29, 0.717) is 6.42 Å². The summed E-state index contributed by atoms with van der Waals surface area (Å²) in [6.45, 7) is 1.80. The Labute approximate surface area is 78.1 Å². The molecule has 0 aromatic carbocycles. The van der Waals surface area contributed by atoms with Gasteiger partial charge in [0.05, 0.1) is 0 Å². The van der Waals surface area contributed by atoms with E-state index in [0.717, 1.165) is 32.0 Å². The molecule has 76 valence electrons. The second-order valence-electron chi connectivity index (χ2n) is 3.13. The Bertz CT molecular complexity index is 149. The number of unbranched alkanes of at least 4 members (excludes halogenated alkanes) is 3. The van der Waals surface area contributed by atoms with Crippen molar-refractivity contribution in [1.29, 1.82) is 0 Å². The summed E-state index contributed by atoms with van der Waals surface area (Å²) >= 11 is 0. The SMILES string of the molecule is CC1OOC(CCCCCC=O)O1. The average Bonchev–Trinajstić information content (AvgIpc) is 2.51. The number of rotatable bonds is 6. The Morgan fingerprint density at radius 3 is 2.69 bits per heavy atom. The van der Waals surface area contributed by atoms with Crippen molar-refractivity contribution in [3.8, 4) is 0 Å². The van der Waals surface area contributed by atoms with Gasteiger partial charge < -0.3 is 9.53 Å². The normalized spacial score (nSPS) is 27.8. The third-order valence-electron chi connectivity index (χ3n) is 1.90. The molecule has 0 aliphatic carbocycles. The fraction of sp³-hybridized carbons (Fsp3) is 0.889. The van der Waals surface area contributed by atoms with Gasteiger partial charge in [0.2, 0.25) is 0 Å². The minimum atomic E-state index is -0.250. The van der Waals surface area contributed by atoms with Crippen LogP contribution in [0.3, 0.4) is 0 Å². The summed E-state index contributed by atoms with van der Waals surface area (Å²) in [5.41, 5.74) is 0. The maximum atomic E-state index is 10.00. The van der Waals surface area contributed by atoms with E-state index in [1.807, 2.05) is 0 Å². The fourth-order valence-electron chi connectivity index (χ4n) is 1.23. The van der Waals surface area contributed by atoms with Gasteiger partial charge >= 0.3 is 0 Å². The van der Waals surface area contributed by atoms with Crippen LogP contribution >= 0.6 is 0 Å². The van der Waals surface area contributed by atoms with Gasteiger partial charge in [0.15, 0.2) is 12.6 Å². The summed E-state index contributed by atoms with van der Waals surface area (Å²) in [5.74, 6) is 0. The maximum Gasteiger partial charge on any atom is 0.194 e. The lowest BCUT2D eigenvalue weighted by Crippen LogP contribution is -2.08. The van der Waals surface area contributed by atoms with Crippen LogP contribution in [0.4, 0.5) is 0 Å². The molecule has 2 atom stereocenters. The number of aldehydes is 1. The first-order valence-electron chi connectivity index (χ1n) is 4.74. The van der Waals surface area contributed by atoms with Crippen molar-refractivity contribution in [3.63, 3.8) is 0 Å². The van der Waals surface area contributed by atoms with Crippen LogP contribution in [0.15, 0.2) is 0 Å². The van der Waals surface area contributed by atoms with Crippen molar-refractivity contribution in [2.24, 2.45) is 0 Å². The largest absolute Gasteiger partial charge is 0.318 e. The molecule has 0 amide bonds. The molecular weight excluding hydrogens is 172 g/mol. The van der Waals surface area contributed by atoms with Crippen LogP contribution in [0.1, 0.15) is 39.0 Å². The molecule has 1 aliphatic rings. The van der Waals surface area contributed by atoms with E-state index < -0.39 is 0 Å². The van der Waals surface area contributed by atoms with Gasteiger partial charge in [-0.15, -0.1) is 0 Å². The predicted molar refractivity (Wildman–Crippen MR) is 45.7 cm³/mol. The standard InChI is InChI=1S/C9H16O4/c1-8-11-9(13-12-8)6-4-2-3-5-7-10/h7-9H,2-6H2,1H3. The van der Waals surface area contributed by atoms with Gasteiger partial charge in [-0.1, -0.05) is 6.42 Å². The molecule has 4 nitrogen and oxygen atoms in total. The molecule has 2 unspecified atom stereocenters. The first-order chi connectivity index (χ1) is 6.33. The lowest BCUT2D eigenvalue weighted by molar-refractivity contribution is -0.294. The highest BCUT2D eigenvalue weighted by Gasteiger charge is 2.23. The van der Waals surface area contributed by atoms with Crippen LogP contribution in [-0.2, 0) is 19.3 Å². The monoisotopic (exact) mass is 188 g/mol. The molecule has 1 aliphatic heterocycles. The van der Waals surface area contributed by atoms with Crippen molar-refractivity contribution in [1.82, 2.24) is 0 Å². The van der Waals surface area contributed by atoms with Crippen molar-refractivity contribution >= 4 is 6.29 Å². The van der Waals surface area contributed by atoms with Gasteiger partial charge in [-0.25, -0.2) is 9.78 Å².